The van der Waals surface area contributed by atoms with Crippen LogP contribution in [0.2, 0.25) is 5.02 Å². The van der Waals surface area contributed by atoms with Crippen LogP contribution in [0.4, 0.5) is 0 Å². The molecule has 19 heavy (non-hydrogen) atoms. The van der Waals surface area contributed by atoms with Gasteiger partial charge >= 0.3 is 0 Å². The van der Waals surface area contributed by atoms with Gasteiger partial charge in [-0.1, -0.05) is 11.6 Å². The highest BCUT2D eigenvalue weighted by Crippen LogP contribution is 2.25. The number of aromatic hydroxyl groups is 1. The molecule has 1 amide bonds. The van der Waals surface area contributed by atoms with Gasteiger partial charge in [0.1, 0.15) is 11.4 Å². The molecule has 0 bridgehead atoms. The van der Waals surface area contributed by atoms with Crippen molar-refractivity contribution in [3.63, 3.8) is 0 Å². The zero-order valence-corrected chi connectivity index (χ0v) is 11.3. The predicted molar refractivity (Wildman–Crippen MR) is 70.4 cm³/mol. The van der Waals surface area contributed by atoms with Gasteiger partial charge in [0.05, 0.1) is 11.7 Å². The Morgan fingerprint density at radius 1 is 1.63 bits per heavy atom. The molecule has 0 spiro atoms. The molecule has 1 aromatic carbocycles. The fraction of sp³-hybridized carbons (Fsp3) is 0.462. The molecule has 1 fully saturated rings. The highest BCUT2D eigenvalue weighted by Gasteiger charge is 2.39. The van der Waals surface area contributed by atoms with Crippen molar-refractivity contribution in [2.75, 3.05) is 13.2 Å². The molecule has 0 radical (unpaired) electrons. The average molecular weight is 286 g/mol. The van der Waals surface area contributed by atoms with Crippen molar-refractivity contribution >= 4 is 17.5 Å². The molecule has 5 nitrogen and oxygen atoms in total. The number of nitrogens with one attached hydrogen (secondary N) is 1. The minimum absolute atomic E-state index is 0.0784. The van der Waals surface area contributed by atoms with Crippen LogP contribution in [0, 0.1) is 0 Å². The predicted octanol–water partition coefficient (Wildman–Crippen LogP) is 1.32. The molecular weight excluding hydrogens is 270 g/mol. The molecule has 1 aliphatic heterocycles. The van der Waals surface area contributed by atoms with Crippen LogP contribution in [0.1, 0.15) is 23.7 Å². The van der Waals surface area contributed by atoms with Gasteiger partial charge in [-0.3, -0.25) is 4.79 Å². The largest absolute Gasteiger partial charge is 0.507 e. The van der Waals surface area contributed by atoms with Crippen molar-refractivity contribution in [1.82, 2.24) is 5.32 Å². The molecule has 2 atom stereocenters. The lowest BCUT2D eigenvalue weighted by Crippen LogP contribution is -2.47. The van der Waals surface area contributed by atoms with Crippen LogP contribution < -0.4 is 5.32 Å². The first-order chi connectivity index (χ1) is 8.92. The van der Waals surface area contributed by atoms with Gasteiger partial charge in [0.2, 0.25) is 0 Å². The van der Waals surface area contributed by atoms with Crippen molar-refractivity contribution in [1.29, 1.82) is 0 Å². The van der Waals surface area contributed by atoms with Gasteiger partial charge in [0.25, 0.3) is 5.91 Å². The summed E-state index contributed by atoms with van der Waals surface area (Å²) >= 11 is 5.70. The van der Waals surface area contributed by atoms with E-state index in [1.807, 2.05) is 0 Å². The van der Waals surface area contributed by atoms with E-state index in [1.165, 1.54) is 18.2 Å². The number of amides is 1. The Kier molecular flexibility index (Phi) is 3.99. The summed E-state index contributed by atoms with van der Waals surface area (Å²) in [5, 5.41) is 22.8. The van der Waals surface area contributed by atoms with Crippen molar-refractivity contribution in [3.8, 4) is 5.75 Å². The third kappa shape index (κ3) is 3.00. The van der Waals surface area contributed by atoms with Crippen LogP contribution in [-0.2, 0) is 4.74 Å². The lowest BCUT2D eigenvalue weighted by Gasteiger charge is -2.26. The molecule has 2 rings (SSSR count). The summed E-state index contributed by atoms with van der Waals surface area (Å²) in [5.41, 5.74) is -0.933. The van der Waals surface area contributed by atoms with Gasteiger partial charge in [-0.25, -0.2) is 0 Å². The maximum Gasteiger partial charge on any atom is 0.255 e. The van der Waals surface area contributed by atoms with E-state index in [-0.39, 0.29) is 24.0 Å². The third-order valence-corrected chi connectivity index (χ3v) is 3.65. The van der Waals surface area contributed by atoms with Gasteiger partial charge in [-0.05, 0) is 25.1 Å². The summed E-state index contributed by atoms with van der Waals surface area (Å²) in [6.45, 7) is 2.31. The topological polar surface area (TPSA) is 78.8 Å². The fourth-order valence-corrected chi connectivity index (χ4v) is 2.19. The SMILES string of the molecule is CC1OCCC1(O)CNC(=O)c1ccc(Cl)cc1O. The molecule has 104 valence electrons. The Hall–Kier alpha value is -1.30. The zero-order chi connectivity index (χ0) is 14.0. The number of hydrogen-bond donors (Lipinski definition) is 3. The van der Waals surface area contributed by atoms with Crippen LogP contribution >= 0.6 is 11.6 Å². The number of hydrogen-bond acceptors (Lipinski definition) is 4. The van der Waals surface area contributed by atoms with E-state index in [9.17, 15) is 15.0 Å². The van der Waals surface area contributed by atoms with Crippen LogP contribution in [-0.4, -0.2) is 41.0 Å². The number of carbonyl (C=O) groups excluding carboxylic acids is 1. The second-order valence-electron chi connectivity index (χ2n) is 4.71. The molecular formula is C13H16ClNO4. The van der Waals surface area contributed by atoms with E-state index < -0.39 is 11.5 Å². The highest BCUT2D eigenvalue weighted by atomic mass is 35.5. The van der Waals surface area contributed by atoms with E-state index in [2.05, 4.69) is 5.32 Å². The van der Waals surface area contributed by atoms with Gasteiger partial charge in [0, 0.05) is 24.6 Å². The second-order valence-corrected chi connectivity index (χ2v) is 5.15. The molecule has 2 unspecified atom stereocenters. The highest BCUT2D eigenvalue weighted by molar-refractivity contribution is 6.30. The molecule has 3 N–H and O–H groups in total. The molecule has 0 aliphatic carbocycles. The first-order valence-corrected chi connectivity index (χ1v) is 6.41. The molecule has 1 aliphatic rings. The van der Waals surface area contributed by atoms with Crippen molar-refractivity contribution in [2.24, 2.45) is 0 Å². The van der Waals surface area contributed by atoms with Crippen LogP contribution in [0.25, 0.3) is 0 Å². The first kappa shape index (κ1) is 14.1. The molecule has 6 heteroatoms. The van der Waals surface area contributed by atoms with E-state index in [4.69, 9.17) is 16.3 Å². The Morgan fingerprint density at radius 3 is 2.95 bits per heavy atom. The number of ether oxygens (including phenoxy) is 1. The monoisotopic (exact) mass is 285 g/mol. The van der Waals surface area contributed by atoms with Gasteiger partial charge in [-0.2, -0.15) is 0 Å². The molecule has 1 heterocycles. The van der Waals surface area contributed by atoms with E-state index >= 15 is 0 Å². The van der Waals surface area contributed by atoms with Crippen molar-refractivity contribution < 1.29 is 19.7 Å². The number of phenols is 1. The Bertz CT molecular complexity index is 494. The maximum atomic E-state index is 11.9. The third-order valence-electron chi connectivity index (χ3n) is 3.42. The normalized spacial score (nSPS) is 26.4. The minimum atomic E-state index is -1.06. The quantitative estimate of drug-likeness (QED) is 0.782. The van der Waals surface area contributed by atoms with Crippen LogP contribution in [0.5, 0.6) is 5.75 Å². The summed E-state index contributed by atoms with van der Waals surface area (Å²) < 4.78 is 5.28. The van der Waals surface area contributed by atoms with Crippen LogP contribution in [0.15, 0.2) is 18.2 Å². The first-order valence-electron chi connectivity index (χ1n) is 6.03. The van der Waals surface area contributed by atoms with Crippen molar-refractivity contribution in [2.45, 2.75) is 25.0 Å². The number of phenolic OH excluding ortho intramolecular Hbond substituents is 1. The maximum absolute atomic E-state index is 11.9. The Morgan fingerprint density at radius 2 is 2.37 bits per heavy atom. The molecule has 1 aromatic rings. The van der Waals surface area contributed by atoms with Gasteiger partial charge in [0.15, 0.2) is 0 Å². The van der Waals surface area contributed by atoms with E-state index in [0.717, 1.165) is 0 Å². The molecule has 0 aromatic heterocycles. The van der Waals surface area contributed by atoms with Crippen LogP contribution in [0.3, 0.4) is 0 Å². The lowest BCUT2D eigenvalue weighted by molar-refractivity contribution is -0.0251. The smallest absolute Gasteiger partial charge is 0.255 e. The number of rotatable bonds is 3. The molecule has 1 saturated heterocycles. The number of halogens is 1. The van der Waals surface area contributed by atoms with Gasteiger partial charge < -0.3 is 20.3 Å². The number of benzene rings is 1. The Labute approximate surface area is 116 Å². The summed E-state index contributed by atoms with van der Waals surface area (Å²) in [4.78, 5) is 11.9. The number of aliphatic hydroxyl groups is 1. The molecule has 0 saturated carbocycles. The van der Waals surface area contributed by atoms with E-state index in [0.29, 0.717) is 18.1 Å². The number of carbonyl (C=O) groups is 1. The second kappa shape index (κ2) is 5.36. The Balaban J connectivity index is 2.02. The summed E-state index contributed by atoms with van der Waals surface area (Å²) in [5.74, 6) is -0.644. The standard InChI is InChI=1S/C13H16ClNO4/c1-8-13(18,4-5-19-8)7-15-12(17)10-3-2-9(14)6-11(10)16/h2-3,6,8,16,18H,4-5,7H2,1H3,(H,15,17). The van der Waals surface area contributed by atoms with E-state index in [1.54, 1.807) is 6.92 Å². The minimum Gasteiger partial charge on any atom is -0.507 e. The zero-order valence-electron chi connectivity index (χ0n) is 10.5. The summed E-state index contributed by atoms with van der Waals surface area (Å²) in [6.07, 6.45) is 0.146. The lowest BCUT2D eigenvalue weighted by atomic mass is 9.96. The summed E-state index contributed by atoms with van der Waals surface area (Å²) in [7, 11) is 0. The van der Waals surface area contributed by atoms with Gasteiger partial charge in [-0.15, -0.1) is 0 Å². The average Bonchev–Trinajstić information content (AvgIpc) is 2.67. The summed E-state index contributed by atoms with van der Waals surface area (Å²) in [6, 6.07) is 4.25. The van der Waals surface area contributed by atoms with Crippen molar-refractivity contribution in [3.05, 3.63) is 28.8 Å². The fourth-order valence-electron chi connectivity index (χ4n) is 2.03.